The van der Waals surface area contributed by atoms with Gasteiger partial charge in [0.2, 0.25) is 0 Å². The number of carbonyl (C=O) groups excluding carboxylic acids is 3. The van der Waals surface area contributed by atoms with Crippen LogP contribution in [0.2, 0.25) is 0 Å². The van der Waals surface area contributed by atoms with E-state index in [4.69, 9.17) is 75.8 Å². The fourth-order valence-electron chi connectivity index (χ4n) is 19.4. The van der Waals surface area contributed by atoms with Crippen LogP contribution in [-0.4, -0.2) is 331 Å². The van der Waals surface area contributed by atoms with Gasteiger partial charge in [-0.15, -0.1) is 6.58 Å². The summed E-state index contributed by atoms with van der Waals surface area (Å²) in [4.78, 5) is 41.0. The SMILES string of the molecule is C=C(C)CCC(OC(C)=O)C1(C)OC(=O)C23CC=C4C(CCC5C4(C)CCC(OC4OCC(OC6OC(CO)C(O)C(OC7OC(CO)C(O)C(OC)C7O)C6O)C(O)C4OC4OC(C)C(OC6OCC(O)C(OC7OC(CO)C(O)C(O)C7O)C6O)C(O)C4O)C5(C)C)C2(C)CC(OC(C)=O)C13. The van der Waals surface area contributed by atoms with Crippen molar-refractivity contribution in [1.29, 1.82) is 0 Å². The Kier molecular flexibility index (Phi) is 24.5. The molecule has 3 saturated carbocycles. The second kappa shape index (κ2) is 31.3. The van der Waals surface area contributed by atoms with Gasteiger partial charge in [-0.2, -0.15) is 0 Å². The predicted molar refractivity (Wildman–Crippen MR) is 342 cm³/mol. The summed E-state index contributed by atoms with van der Waals surface area (Å²) < 4.78 is 96.8. The zero-order chi connectivity index (χ0) is 75.2. The van der Waals surface area contributed by atoms with Gasteiger partial charge in [-0.3, -0.25) is 14.4 Å². The van der Waals surface area contributed by atoms with Crippen LogP contribution in [0.25, 0.3) is 0 Å². The second-order valence-electron chi connectivity index (χ2n) is 31.4. The van der Waals surface area contributed by atoms with Crippen LogP contribution in [-0.2, 0) is 90.2 Å². The maximum Gasteiger partial charge on any atom is 0.314 e. The Labute approximate surface area is 595 Å². The van der Waals surface area contributed by atoms with Gasteiger partial charge in [0.05, 0.1) is 56.6 Å². The number of esters is 3. The van der Waals surface area contributed by atoms with E-state index < -0.39 is 274 Å². The summed E-state index contributed by atoms with van der Waals surface area (Å²) in [6, 6.07) is 0. The smallest absolute Gasteiger partial charge is 0.314 e. The number of carbonyl (C=O) groups is 3. The molecule has 11 aliphatic rings. The lowest BCUT2D eigenvalue weighted by Gasteiger charge is -2.63. The van der Waals surface area contributed by atoms with Crippen LogP contribution in [0, 0.1) is 39.4 Å². The number of fused-ring (bicyclic) bond motifs is 4. The Morgan fingerprint density at radius 3 is 1.76 bits per heavy atom. The van der Waals surface area contributed by atoms with E-state index in [0.717, 1.165) is 11.1 Å². The highest BCUT2D eigenvalue weighted by molar-refractivity contribution is 5.84. The summed E-state index contributed by atoms with van der Waals surface area (Å²) in [5.74, 6) is -2.56. The number of hydrogen-bond acceptors (Lipinski definition) is 34. The fourth-order valence-corrected chi connectivity index (χ4v) is 19.4. The monoisotopic (exact) mass is 1480 g/mol. The molecular weight excluding hydrogens is 1370 g/mol. The van der Waals surface area contributed by atoms with E-state index in [0.29, 0.717) is 44.9 Å². The third-order valence-corrected chi connectivity index (χ3v) is 24.7. The average molecular weight is 1480 g/mol. The van der Waals surface area contributed by atoms with Crippen LogP contribution < -0.4 is 0 Å². The first-order valence-electron chi connectivity index (χ1n) is 35.7. The van der Waals surface area contributed by atoms with Gasteiger partial charge in [0, 0.05) is 21.0 Å². The molecule has 0 aromatic carbocycles. The van der Waals surface area contributed by atoms with E-state index in [-0.39, 0.29) is 18.3 Å². The number of hydrogen-bond donors (Lipinski definition) is 15. The normalized spacial score (nSPS) is 50.7. The molecule has 0 amide bonds. The van der Waals surface area contributed by atoms with Crippen molar-refractivity contribution in [2.45, 2.75) is 310 Å². The molecule has 4 aliphatic carbocycles. The maximum absolute atomic E-state index is 15.1. The molecule has 34 nitrogen and oxygen atoms in total. The van der Waals surface area contributed by atoms with Crippen molar-refractivity contribution >= 4 is 17.9 Å². The predicted octanol–water partition coefficient (Wildman–Crippen LogP) is -4.02. The molecule has 7 saturated heterocycles. The molecule has 7 aliphatic heterocycles. The number of cyclic esters (lactones) is 1. The number of ether oxygens (including phenoxy) is 16. The minimum atomic E-state index is -2.07. The molecule has 34 heteroatoms. The first-order valence-corrected chi connectivity index (χ1v) is 35.7. The van der Waals surface area contributed by atoms with E-state index in [2.05, 4.69) is 40.3 Å². The van der Waals surface area contributed by atoms with Crippen molar-refractivity contribution in [3.63, 3.8) is 0 Å². The van der Waals surface area contributed by atoms with Gasteiger partial charge >= 0.3 is 17.9 Å². The highest BCUT2D eigenvalue weighted by Gasteiger charge is 2.81. The molecular formula is C69H108O34. The Hall–Kier alpha value is -3.23. The molecule has 588 valence electrons. The highest BCUT2D eigenvalue weighted by atomic mass is 16.8. The van der Waals surface area contributed by atoms with Gasteiger partial charge in [-0.25, -0.2) is 0 Å². The quantitative estimate of drug-likeness (QED) is 0.0212. The molecule has 0 aromatic heterocycles. The zero-order valence-corrected chi connectivity index (χ0v) is 59.6. The lowest BCUT2D eigenvalue weighted by Crippen LogP contribution is -2.67. The van der Waals surface area contributed by atoms with Crippen molar-refractivity contribution < 1.29 is 167 Å². The molecule has 1 spiro atoms. The minimum absolute atomic E-state index is 0.128. The Morgan fingerprint density at radius 1 is 0.583 bits per heavy atom. The van der Waals surface area contributed by atoms with Crippen LogP contribution >= 0.6 is 0 Å². The summed E-state index contributed by atoms with van der Waals surface area (Å²) in [5, 5.41) is 166. The van der Waals surface area contributed by atoms with Crippen LogP contribution in [0.3, 0.4) is 0 Å². The standard InChI is InChI=1S/C69H108O34/c1-26(2)12-15-40(93-29(5)74)68(10)57-33(92-28(4)73)20-67(9)31-13-14-38-65(6,7)39(17-18-66(38,8)30(31)16-19-69(57,67)64(87)103-68)98-63-56(44(79)37(25-90-63)97-61-51(86)55(43(78)36(23-72)95-61)101-62-50(85)54(88-11)42(77)35(22-71)96-62)102-59-48(83)46(81)52(27(3)91-59)99-58-49(84)53(32(75)24-89-58)100-60-47(82)45(80)41(76)34(21-70)94-60/h16,27,31-63,70-72,75-86H,1,12-15,17-25H2,2-11H3. The molecule has 0 bridgehead atoms. The summed E-state index contributed by atoms with van der Waals surface area (Å²) in [6.07, 6.45) is -45.0. The molecule has 0 aromatic rings. The van der Waals surface area contributed by atoms with Crippen molar-refractivity contribution in [2.24, 2.45) is 39.4 Å². The maximum atomic E-state index is 15.1. The van der Waals surface area contributed by atoms with Crippen LogP contribution in [0.4, 0.5) is 0 Å². The summed E-state index contributed by atoms with van der Waals surface area (Å²) in [6.45, 7) is 16.6. The lowest BCUT2D eigenvalue weighted by molar-refractivity contribution is -0.394. The molecule has 0 radical (unpaired) electrons. The molecule has 103 heavy (non-hydrogen) atoms. The van der Waals surface area contributed by atoms with Gasteiger partial charge in [0.15, 0.2) is 43.3 Å². The van der Waals surface area contributed by atoms with E-state index in [1.807, 2.05) is 6.92 Å². The number of rotatable bonds is 22. The van der Waals surface area contributed by atoms with Gasteiger partial charge in [-0.05, 0) is 100 Å². The average Bonchev–Trinajstić information content (AvgIpc) is 1.50. The fraction of sp³-hybridized carbons (Fsp3) is 0.899. The first-order chi connectivity index (χ1) is 48.5. The van der Waals surface area contributed by atoms with Gasteiger partial charge in [0.25, 0.3) is 0 Å². The second-order valence-corrected chi connectivity index (χ2v) is 31.4. The molecule has 15 N–H and O–H groups in total. The Bertz CT molecular complexity index is 3000. The van der Waals surface area contributed by atoms with Crippen LogP contribution in [0.5, 0.6) is 0 Å². The van der Waals surface area contributed by atoms with Crippen molar-refractivity contribution in [3.05, 3.63) is 23.8 Å². The Morgan fingerprint density at radius 2 is 1.14 bits per heavy atom. The highest BCUT2D eigenvalue weighted by Crippen LogP contribution is 2.77. The van der Waals surface area contributed by atoms with Crippen LogP contribution in [0.15, 0.2) is 23.8 Å². The summed E-state index contributed by atoms with van der Waals surface area (Å²) in [7, 11) is 1.18. The van der Waals surface area contributed by atoms with E-state index in [1.165, 1.54) is 27.9 Å². The number of allylic oxidation sites excluding steroid dienone is 3. The van der Waals surface area contributed by atoms with E-state index in [9.17, 15) is 86.2 Å². The summed E-state index contributed by atoms with van der Waals surface area (Å²) in [5.41, 5.74) is -2.68. The molecule has 10 fully saturated rings. The third-order valence-electron chi connectivity index (χ3n) is 24.7. The van der Waals surface area contributed by atoms with Gasteiger partial charge in [0.1, 0.15) is 140 Å². The van der Waals surface area contributed by atoms with Crippen LogP contribution in [0.1, 0.15) is 114 Å². The van der Waals surface area contributed by atoms with Crippen molar-refractivity contribution in [1.82, 2.24) is 0 Å². The number of aliphatic hydroxyl groups is 15. The first kappa shape index (κ1) is 80.8. The molecule has 11 rings (SSSR count). The van der Waals surface area contributed by atoms with Crippen molar-refractivity contribution in [3.8, 4) is 0 Å². The molecule has 38 unspecified atom stereocenters. The zero-order valence-electron chi connectivity index (χ0n) is 59.6. The number of aliphatic hydroxyl groups excluding tert-OH is 15. The number of methoxy groups -OCH3 is 1. The molecule has 38 atom stereocenters. The Balaban J connectivity index is 0.847. The van der Waals surface area contributed by atoms with E-state index >= 15 is 4.79 Å². The lowest BCUT2D eigenvalue weighted by atomic mass is 9.41. The summed E-state index contributed by atoms with van der Waals surface area (Å²) >= 11 is 0. The van der Waals surface area contributed by atoms with Gasteiger partial charge in [-0.1, -0.05) is 44.9 Å². The van der Waals surface area contributed by atoms with E-state index in [1.54, 1.807) is 6.92 Å². The minimum Gasteiger partial charge on any atom is -0.462 e. The molecule has 7 heterocycles. The van der Waals surface area contributed by atoms with Crippen molar-refractivity contribution in [2.75, 3.05) is 40.1 Å². The third kappa shape index (κ3) is 14.4. The largest absolute Gasteiger partial charge is 0.462 e. The topological polar surface area (TPSA) is 502 Å². The van der Waals surface area contributed by atoms with Gasteiger partial charge < -0.3 is 152 Å².